The fourth-order valence-corrected chi connectivity index (χ4v) is 1.75. The lowest BCUT2D eigenvalue weighted by Gasteiger charge is -2.30. The largest absolute Gasteiger partial charge is 0.444 e. The van der Waals surface area contributed by atoms with Crippen molar-refractivity contribution >= 4 is 6.09 Å². The van der Waals surface area contributed by atoms with E-state index in [2.05, 4.69) is 10.6 Å². The van der Waals surface area contributed by atoms with Crippen molar-refractivity contribution in [1.82, 2.24) is 10.6 Å². The highest BCUT2D eigenvalue weighted by molar-refractivity contribution is 5.68. The molecule has 1 aliphatic rings. The molecule has 1 fully saturated rings. The summed E-state index contributed by atoms with van der Waals surface area (Å²) in [6.07, 6.45) is 1.24. The molecule has 5 nitrogen and oxygen atoms in total. The molecule has 0 saturated carbocycles. The highest BCUT2D eigenvalue weighted by atomic mass is 16.6. The summed E-state index contributed by atoms with van der Waals surface area (Å²) >= 11 is 0. The van der Waals surface area contributed by atoms with Crippen LogP contribution in [-0.4, -0.2) is 42.0 Å². The second kappa shape index (κ2) is 5.50. The Balaban J connectivity index is 2.33. The lowest BCUT2D eigenvalue weighted by Crippen LogP contribution is -2.49. The van der Waals surface area contributed by atoms with Gasteiger partial charge in [0.2, 0.25) is 0 Å². The minimum atomic E-state index is -0.465. The number of aliphatic hydroxyl groups is 1. The first-order valence-electron chi connectivity index (χ1n) is 5.74. The molecule has 0 aliphatic carbocycles. The zero-order valence-electron chi connectivity index (χ0n) is 10.2. The SMILES string of the molecule is CC(C)(C)OC(=O)N[C@@H]1CCN[C@@H](CO)C1. The topological polar surface area (TPSA) is 70.6 Å². The smallest absolute Gasteiger partial charge is 0.407 e. The maximum absolute atomic E-state index is 11.5. The maximum atomic E-state index is 11.5. The lowest BCUT2D eigenvalue weighted by molar-refractivity contribution is 0.0484. The van der Waals surface area contributed by atoms with Gasteiger partial charge in [-0.3, -0.25) is 0 Å². The number of carbonyl (C=O) groups is 1. The van der Waals surface area contributed by atoms with E-state index >= 15 is 0 Å². The molecule has 0 aromatic rings. The third-order valence-electron chi connectivity index (χ3n) is 2.44. The number of aliphatic hydroxyl groups excluding tert-OH is 1. The Morgan fingerprint density at radius 1 is 1.56 bits per heavy atom. The molecular weight excluding hydrogens is 208 g/mol. The van der Waals surface area contributed by atoms with Crippen molar-refractivity contribution in [3.8, 4) is 0 Å². The lowest BCUT2D eigenvalue weighted by atomic mass is 10.0. The molecule has 94 valence electrons. The third-order valence-corrected chi connectivity index (χ3v) is 2.44. The highest BCUT2D eigenvalue weighted by Gasteiger charge is 2.24. The van der Waals surface area contributed by atoms with Gasteiger partial charge in [0, 0.05) is 12.1 Å². The van der Waals surface area contributed by atoms with Crippen LogP contribution >= 0.6 is 0 Å². The Labute approximate surface area is 96.6 Å². The molecule has 1 saturated heterocycles. The molecule has 2 atom stereocenters. The van der Waals surface area contributed by atoms with Crippen LogP contribution in [0.15, 0.2) is 0 Å². The number of amides is 1. The predicted octanol–water partition coefficient (Wildman–Crippen LogP) is 0.624. The summed E-state index contributed by atoms with van der Waals surface area (Å²) in [7, 11) is 0. The van der Waals surface area contributed by atoms with Gasteiger partial charge in [-0.1, -0.05) is 0 Å². The van der Waals surface area contributed by atoms with E-state index in [1.807, 2.05) is 20.8 Å². The summed E-state index contributed by atoms with van der Waals surface area (Å²) in [6.45, 7) is 6.43. The predicted molar refractivity (Wildman–Crippen MR) is 61.3 cm³/mol. The molecule has 1 amide bonds. The minimum absolute atomic E-state index is 0.0775. The number of piperidine rings is 1. The van der Waals surface area contributed by atoms with Gasteiger partial charge in [0.25, 0.3) is 0 Å². The first-order chi connectivity index (χ1) is 7.40. The van der Waals surface area contributed by atoms with Crippen LogP contribution in [0.5, 0.6) is 0 Å². The van der Waals surface area contributed by atoms with E-state index in [4.69, 9.17) is 9.84 Å². The van der Waals surface area contributed by atoms with Crippen molar-refractivity contribution in [3.63, 3.8) is 0 Å². The van der Waals surface area contributed by atoms with E-state index in [0.29, 0.717) is 0 Å². The quantitative estimate of drug-likeness (QED) is 0.650. The van der Waals surface area contributed by atoms with Crippen LogP contribution in [0.25, 0.3) is 0 Å². The van der Waals surface area contributed by atoms with Crippen molar-refractivity contribution in [2.45, 2.75) is 51.3 Å². The average Bonchev–Trinajstić information content (AvgIpc) is 2.15. The van der Waals surface area contributed by atoms with Gasteiger partial charge in [0.1, 0.15) is 5.60 Å². The molecule has 0 aromatic carbocycles. The van der Waals surface area contributed by atoms with Crippen LogP contribution in [0.1, 0.15) is 33.6 Å². The summed E-state index contributed by atoms with van der Waals surface area (Å²) in [5.74, 6) is 0. The molecular formula is C11H22N2O3. The standard InChI is InChI=1S/C11H22N2O3/c1-11(2,3)16-10(15)13-8-4-5-12-9(6-8)7-14/h8-9,12,14H,4-7H2,1-3H3,(H,13,15)/t8-,9-/m1/s1. The van der Waals surface area contributed by atoms with E-state index in [1.54, 1.807) is 0 Å². The Kier molecular flexibility index (Phi) is 4.56. The number of carbonyl (C=O) groups excluding carboxylic acids is 1. The molecule has 0 unspecified atom stereocenters. The van der Waals surface area contributed by atoms with Crippen LogP contribution in [-0.2, 0) is 4.74 Å². The van der Waals surface area contributed by atoms with Crippen molar-refractivity contribution in [1.29, 1.82) is 0 Å². The number of nitrogens with one attached hydrogen (secondary N) is 2. The number of rotatable bonds is 2. The van der Waals surface area contributed by atoms with Gasteiger partial charge < -0.3 is 20.5 Å². The van der Waals surface area contributed by atoms with Gasteiger partial charge >= 0.3 is 6.09 Å². The molecule has 0 radical (unpaired) electrons. The van der Waals surface area contributed by atoms with E-state index in [-0.39, 0.29) is 24.8 Å². The minimum Gasteiger partial charge on any atom is -0.444 e. The summed E-state index contributed by atoms with van der Waals surface area (Å²) in [5.41, 5.74) is -0.465. The first-order valence-corrected chi connectivity index (χ1v) is 5.74. The molecule has 0 spiro atoms. The van der Waals surface area contributed by atoms with Crippen molar-refractivity contribution < 1.29 is 14.6 Å². The van der Waals surface area contributed by atoms with Crippen molar-refractivity contribution in [3.05, 3.63) is 0 Å². The van der Waals surface area contributed by atoms with E-state index < -0.39 is 5.60 Å². The van der Waals surface area contributed by atoms with Crippen molar-refractivity contribution in [2.24, 2.45) is 0 Å². The van der Waals surface area contributed by atoms with Crippen LogP contribution in [0.4, 0.5) is 4.79 Å². The zero-order valence-corrected chi connectivity index (χ0v) is 10.2. The highest BCUT2D eigenvalue weighted by Crippen LogP contribution is 2.11. The average molecular weight is 230 g/mol. The number of hydrogen-bond donors (Lipinski definition) is 3. The third kappa shape index (κ3) is 4.81. The van der Waals surface area contributed by atoms with Gasteiger partial charge in [-0.25, -0.2) is 4.79 Å². The summed E-state index contributed by atoms with van der Waals surface area (Å²) in [6, 6.07) is 0.168. The number of alkyl carbamates (subject to hydrolysis) is 1. The maximum Gasteiger partial charge on any atom is 0.407 e. The molecule has 1 rings (SSSR count). The van der Waals surface area contributed by atoms with Crippen LogP contribution in [0.3, 0.4) is 0 Å². The summed E-state index contributed by atoms with van der Waals surface area (Å²) < 4.78 is 5.18. The second-order valence-corrected chi connectivity index (χ2v) is 5.20. The summed E-state index contributed by atoms with van der Waals surface area (Å²) in [5, 5.41) is 15.0. The van der Waals surface area contributed by atoms with Crippen LogP contribution in [0.2, 0.25) is 0 Å². The molecule has 0 bridgehead atoms. The van der Waals surface area contributed by atoms with Gasteiger partial charge in [-0.15, -0.1) is 0 Å². The molecule has 16 heavy (non-hydrogen) atoms. The first kappa shape index (κ1) is 13.3. The van der Waals surface area contributed by atoms with E-state index in [1.165, 1.54) is 0 Å². The molecule has 1 heterocycles. The van der Waals surface area contributed by atoms with Crippen molar-refractivity contribution in [2.75, 3.05) is 13.2 Å². The molecule has 1 aliphatic heterocycles. The second-order valence-electron chi connectivity index (χ2n) is 5.20. The normalized spacial score (nSPS) is 26.2. The van der Waals surface area contributed by atoms with Gasteiger partial charge in [-0.05, 0) is 40.2 Å². The van der Waals surface area contributed by atoms with Crippen LogP contribution < -0.4 is 10.6 Å². The van der Waals surface area contributed by atoms with Gasteiger partial charge in [-0.2, -0.15) is 0 Å². The Morgan fingerprint density at radius 3 is 2.81 bits per heavy atom. The monoisotopic (exact) mass is 230 g/mol. The Bertz CT molecular complexity index is 238. The van der Waals surface area contributed by atoms with Gasteiger partial charge in [0.05, 0.1) is 6.61 Å². The zero-order chi connectivity index (χ0) is 12.2. The molecule has 0 aromatic heterocycles. The number of hydrogen-bond acceptors (Lipinski definition) is 4. The molecule has 3 N–H and O–H groups in total. The number of ether oxygens (including phenoxy) is 1. The Morgan fingerprint density at radius 2 is 2.25 bits per heavy atom. The molecule has 5 heteroatoms. The fourth-order valence-electron chi connectivity index (χ4n) is 1.75. The van der Waals surface area contributed by atoms with Gasteiger partial charge in [0.15, 0.2) is 0 Å². The Hall–Kier alpha value is -0.810. The fraction of sp³-hybridized carbons (Fsp3) is 0.909. The van der Waals surface area contributed by atoms with E-state index in [9.17, 15) is 4.79 Å². The van der Waals surface area contributed by atoms with E-state index in [0.717, 1.165) is 19.4 Å². The summed E-state index contributed by atoms with van der Waals surface area (Å²) in [4.78, 5) is 11.5. The van der Waals surface area contributed by atoms with Crippen LogP contribution in [0, 0.1) is 0 Å².